The number of hydrogen-bond donors (Lipinski definition) is 3. The summed E-state index contributed by atoms with van der Waals surface area (Å²) in [6.45, 7) is 2.00. The number of aromatic amines is 1. The molecule has 3 N–H and O–H groups in total. The second-order valence-electron chi connectivity index (χ2n) is 9.05. The number of fused-ring (bicyclic) bond motifs is 1. The number of tetrazole rings is 1. The van der Waals surface area contributed by atoms with Gasteiger partial charge in [0.1, 0.15) is 0 Å². The molecule has 5 rings (SSSR count). The molecular formula is C25H28N8O2. The van der Waals surface area contributed by atoms with Crippen molar-refractivity contribution in [2.24, 2.45) is 10.9 Å². The predicted molar refractivity (Wildman–Crippen MR) is 133 cm³/mol. The number of carbonyl (C=O) groups is 2. The van der Waals surface area contributed by atoms with Crippen molar-refractivity contribution in [3.63, 3.8) is 0 Å². The van der Waals surface area contributed by atoms with Crippen LogP contribution in [0.25, 0.3) is 11.4 Å². The number of benzene rings is 2. The normalized spacial score (nSPS) is 18.5. The number of H-pyrrole nitrogens is 1. The quantitative estimate of drug-likeness (QED) is 0.534. The number of urea groups is 1. The van der Waals surface area contributed by atoms with Crippen molar-refractivity contribution in [1.82, 2.24) is 25.9 Å². The number of rotatable bonds is 4. The molecule has 2 aromatic carbocycles. The van der Waals surface area contributed by atoms with Crippen molar-refractivity contribution in [2.45, 2.75) is 45.2 Å². The van der Waals surface area contributed by atoms with Crippen molar-refractivity contribution in [3.05, 3.63) is 53.6 Å². The zero-order valence-electron chi connectivity index (χ0n) is 19.8. The summed E-state index contributed by atoms with van der Waals surface area (Å²) in [7, 11) is 1.75. The standard InChI is InChI=1S/C25H28N8O2/c1-15-8-6-13-19-20(16-9-4-3-5-10-16)27-23(24(34)33(2)21(15)19)28-25(35)26-18-12-7-11-17(14-18)22-29-31-32-30-22/h6-8,11-14,16,23H,3-5,9-10H2,1-2H3,(H2,26,28,35)(H,29,30,31,32)/t23-/m0/s1. The van der Waals surface area contributed by atoms with Crippen LogP contribution in [0.2, 0.25) is 0 Å². The molecule has 1 aliphatic carbocycles. The summed E-state index contributed by atoms with van der Waals surface area (Å²) in [5.74, 6) is 0.482. The van der Waals surface area contributed by atoms with Gasteiger partial charge in [-0.15, -0.1) is 5.10 Å². The number of aryl methyl sites for hydroxylation is 1. The van der Waals surface area contributed by atoms with Crippen molar-refractivity contribution in [2.75, 3.05) is 17.3 Å². The smallest absolute Gasteiger partial charge is 0.311 e. The highest BCUT2D eigenvalue weighted by Gasteiger charge is 2.34. The number of benzodiazepines with no additional fused rings is 1. The summed E-state index contributed by atoms with van der Waals surface area (Å²) in [5, 5.41) is 19.3. The van der Waals surface area contributed by atoms with Gasteiger partial charge in [-0.05, 0) is 47.9 Å². The third kappa shape index (κ3) is 4.64. The summed E-state index contributed by atoms with van der Waals surface area (Å²) in [4.78, 5) is 32.9. The van der Waals surface area contributed by atoms with Gasteiger partial charge in [-0.1, -0.05) is 49.6 Å². The lowest BCUT2D eigenvalue weighted by Gasteiger charge is -2.25. The molecule has 0 radical (unpaired) electrons. The fourth-order valence-corrected chi connectivity index (χ4v) is 4.98. The maximum atomic E-state index is 13.4. The topological polar surface area (TPSA) is 128 Å². The van der Waals surface area contributed by atoms with Crippen LogP contribution in [0, 0.1) is 12.8 Å². The molecule has 1 aliphatic heterocycles. The molecule has 0 bridgehead atoms. The van der Waals surface area contributed by atoms with Gasteiger partial charge in [0.05, 0.1) is 11.4 Å². The first-order chi connectivity index (χ1) is 17.0. The highest BCUT2D eigenvalue weighted by atomic mass is 16.2. The Morgan fingerprint density at radius 3 is 2.69 bits per heavy atom. The van der Waals surface area contributed by atoms with Gasteiger partial charge in [-0.2, -0.15) is 0 Å². The average molecular weight is 473 g/mol. The molecule has 0 spiro atoms. The van der Waals surface area contributed by atoms with Crippen LogP contribution in [0.4, 0.5) is 16.2 Å². The van der Waals surface area contributed by atoms with Gasteiger partial charge in [-0.25, -0.2) is 9.89 Å². The van der Waals surface area contributed by atoms with E-state index in [0.717, 1.165) is 53.8 Å². The molecule has 3 amide bonds. The average Bonchev–Trinajstić information content (AvgIpc) is 3.38. The van der Waals surface area contributed by atoms with E-state index in [1.165, 1.54) is 6.42 Å². The van der Waals surface area contributed by atoms with Crippen LogP contribution in [-0.4, -0.2) is 51.5 Å². The van der Waals surface area contributed by atoms with Gasteiger partial charge in [0.25, 0.3) is 5.91 Å². The molecule has 0 saturated heterocycles. The van der Waals surface area contributed by atoms with Crippen LogP contribution < -0.4 is 15.5 Å². The maximum absolute atomic E-state index is 13.4. The first kappa shape index (κ1) is 22.7. The summed E-state index contributed by atoms with van der Waals surface area (Å²) in [5.41, 5.74) is 5.02. The minimum Gasteiger partial charge on any atom is -0.311 e. The number of nitrogens with one attached hydrogen (secondary N) is 3. The zero-order valence-corrected chi connectivity index (χ0v) is 19.8. The third-order valence-corrected chi connectivity index (χ3v) is 6.68. The molecule has 1 saturated carbocycles. The van der Waals surface area contributed by atoms with Crippen LogP contribution >= 0.6 is 0 Å². The lowest BCUT2D eigenvalue weighted by Crippen LogP contribution is -2.47. The van der Waals surface area contributed by atoms with Crippen molar-refractivity contribution < 1.29 is 9.59 Å². The first-order valence-corrected chi connectivity index (χ1v) is 11.9. The van der Waals surface area contributed by atoms with Gasteiger partial charge in [-0.3, -0.25) is 9.79 Å². The Labute approximate surface area is 203 Å². The number of likely N-dealkylation sites (N-methyl/N-ethyl adjacent to an activating group) is 1. The maximum Gasteiger partial charge on any atom is 0.321 e. The monoisotopic (exact) mass is 472 g/mol. The van der Waals surface area contributed by atoms with Crippen molar-refractivity contribution in [1.29, 1.82) is 0 Å². The Bertz CT molecular complexity index is 1260. The molecule has 1 aromatic heterocycles. The van der Waals surface area contributed by atoms with E-state index >= 15 is 0 Å². The van der Waals surface area contributed by atoms with E-state index in [2.05, 4.69) is 31.3 Å². The van der Waals surface area contributed by atoms with Crippen molar-refractivity contribution >= 4 is 29.0 Å². The molecule has 2 heterocycles. The minimum absolute atomic E-state index is 0.267. The molecule has 35 heavy (non-hydrogen) atoms. The van der Waals surface area contributed by atoms with E-state index in [9.17, 15) is 9.59 Å². The lowest BCUT2D eigenvalue weighted by atomic mass is 9.82. The zero-order chi connectivity index (χ0) is 24.4. The highest BCUT2D eigenvalue weighted by Crippen LogP contribution is 2.35. The second kappa shape index (κ2) is 9.65. The summed E-state index contributed by atoms with van der Waals surface area (Å²) < 4.78 is 0. The molecule has 180 valence electrons. The number of aromatic nitrogens is 4. The van der Waals surface area contributed by atoms with Gasteiger partial charge in [0.2, 0.25) is 6.17 Å². The van der Waals surface area contributed by atoms with Gasteiger partial charge >= 0.3 is 6.03 Å². The van der Waals surface area contributed by atoms with E-state index in [-0.39, 0.29) is 11.8 Å². The van der Waals surface area contributed by atoms with Gasteiger partial charge < -0.3 is 15.5 Å². The summed E-state index contributed by atoms with van der Waals surface area (Å²) in [6, 6.07) is 12.6. The number of carbonyl (C=O) groups excluding carboxylic acids is 2. The molecule has 3 aromatic rings. The largest absolute Gasteiger partial charge is 0.321 e. The number of aliphatic imine (C=N–C) groups is 1. The summed E-state index contributed by atoms with van der Waals surface area (Å²) >= 11 is 0. The SMILES string of the molecule is Cc1cccc2c1N(C)C(=O)[C@H](NC(=O)Nc1cccc(-c3nnn[nH]3)c1)N=C2C1CCCCC1. The highest BCUT2D eigenvalue weighted by molar-refractivity contribution is 6.14. The molecule has 1 fully saturated rings. The predicted octanol–water partition coefficient (Wildman–Crippen LogP) is 3.67. The Kier molecular flexibility index (Phi) is 6.26. The molecule has 2 aliphatic rings. The molecule has 10 nitrogen and oxygen atoms in total. The first-order valence-electron chi connectivity index (χ1n) is 11.9. The molecule has 1 atom stereocenters. The Balaban J connectivity index is 1.42. The van der Waals surface area contributed by atoms with E-state index in [1.807, 2.05) is 31.2 Å². The van der Waals surface area contributed by atoms with Crippen LogP contribution in [0.15, 0.2) is 47.5 Å². The number of hydrogen-bond acceptors (Lipinski definition) is 6. The van der Waals surface area contributed by atoms with E-state index in [1.54, 1.807) is 30.1 Å². The minimum atomic E-state index is -1.02. The van der Waals surface area contributed by atoms with Gasteiger partial charge in [0.15, 0.2) is 5.82 Å². The Morgan fingerprint density at radius 2 is 1.91 bits per heavy atom. The number of anilines is 2. The Morgan fingerprint density at radius 1 is 1.11 bits per heavy atom. The number of nitrogens with zero attached hydrogens (tertiary/aromatic N) is 5. The summed E-state index contributed by atoms with van der Waals surface area (Å²) in [6.07, 6.45) is 4.55. The molecule has 0 unspecified atom stereocenters. The van der Waals surface area contributed by atoms with Gasteiger partial charge in [0, 0.05) is 29.8 Å². The van der Waals surface area contributed by atoms with E-state index in [0.29, 0.717) is 11.5 Å². The van der Waals surface area contributed by atoms with Crippen LogP contribution in [0.3, 0.4) is 0 Å². The second-order valence-corrected chi connectivity index (χ2v) is 9.05. The third-order valence-electron chi connectivity index (χ3n) is 6.68. The molecular weight excluding hydrogens is 444 g/mol. The number of para-hydroxylation sites is 1. The molecule has 10 heteroatoms. The van der Waals surface area contributed by atoms with Crippen LogP contribution in [0.1, 0.15) is 43.2 Å². The fourth-order valence-electron chi connectivity index (χ4n) is 4.98. The van der Waals surface area contributed by atoms with E-state index in [4.69, 9.17) is 4.99 Å². The van der Waals surface area contributed by atoms with E-state index < -0.39 is 12.2 Å². The van der Waals surface area contributed by atoms with Crippen LogP contribution in [-0.2, 0) is 4.79 Å². The van der Waals surface area contributed by atoms with Crippen LogP contribution in [0.5, 0.6) is 0 Å². The lowest BCUT2D eigenvalue weighted by molar-refractivity contribution is -0.119. The van der Waals surface area contributed by atoms with Crippen molar-refractivity contribution in [3.8, 4) is 11.4 Å². The number of amides is 3. The fraction of sp³-hybridized carbons (Fsp3) is 0.360. The Hall–Kier alpha value is -4.08.